The lowest BCUT2D eigenvalue weighted by Gasteiger charge is -2.13. The van der Waals surface area contributed by atoms with Crippen molar-refractivity contribution in [3.63, 3.8) is 0 Å². The van der Waals surface area contributed by atoms with Gasteiger partial charge in [-0.2, -0.15) is 0 Å². The van der Waals surface area contributed by atoms with E-state index in [2.05, 4.69) is 4.72 Å². The molecule has 5 nitrogen and oxygen atoms in total. The van der Waals surface area contributed by atoms with Gasteiger partial charge in [-0.1, -0.05) is 12.1 Å². The largest absolute Gasteiger partial charge is 0.508 e. The third kappa shape index (κ3) is 2.55. The van der Waals surface area contributed by atoms with Crippen LogP contribution in [0.2, 0.25) is 0 Å². The summed E-state index contributed by atoms with van der Waals surface area (Å²) in [4.78, 5) is -0.190. The van der Waals surface area contributed by atoms with E-state index in [1.165, 1.54) is 30.3 Å². The van der Waals surface area contributed by atoms with Crippen LogP contribution in [0.15, 0.2) is 41.3 Å². The molecule has 0 saturated carbocycles. The van der Waals surface area contributed by atoms with E-state index in [1.54, 1.807) is 19.9 Å². The SMILES string of the molecule is Cc1c(O)ccc(NS(=O)(=O)c2ccccc2O)c1C. The van der Waals surface area contributed by atoms with Gasteiger partial charge in [-0.15, -0.1) is 0 Å². The van der Waals surface area contributed by atoms with Crippen LogP contribution in [0.4, 0.5) is 5.69 Å². The van der Waals surface area contributed by atoms with Crippen LogP contribution < -0.4 is 4.72 Å². The molecular formula is C14H15NO4S. The summed E-state index contributed by atoms with van der Waals surface area (Å²) in [6.07, 6.45) is 0. The number of nitrogens with one attached hydrogen (secondary N) is 1. The monoisotopic (exact) mass is 293 g/mol. The van der Waals surface area contributed by atoms with E-state index >= 15 is 0 Å². The summed E-state index contributed by atoms with van der Waals surface area (Å²) in [5, 5.41) is 19.2. The number of hydrogen-bond acceptors (Lipinski definition) is 4. The van der Waals surface area contributed by atoms with E-state index in [1.807, 2.05) is 0 Å². The Morgan fingerprint density at radius 1 is 0.900 bits per heavy atom. The number of sulfonamides is 1. The Morgan fingerprint density at radius 2 is 1.55 bits per heavy atom. The molecule has 6 heteroatoms. The fourth-order valence-corrected chi connectivity index (χ4v) is 3.02. The van der Waals surface area contributed by atoms with Crippen molar-refractivity contribution in [2.24, 2.45) is 0 Å². The number of hydrogen-bond donors (Lipinski definition) is 3. The number of aromatic hydroxyl groups is 2. The Hall–Kier alpha value is -2.21. The molecule has 0 aliphatic rings. The highest BCUT2D eigenvalue weighted by Crippen LogP contribution is 2.29. The molecule has 0 fully saturated rings. The Labute approximate surface area is 117 Å². The van der Waals surface area contributed by atoms with Gasteiger partial charge in [0.2, 0.25) is 0 Å². The maximum absolute atomic E-state index is 12.2. The lowest BCUT2D eigenvalue weighted by atomic mass is 10.1. The maximum atomic E-state index is 12.2. The predicted octanol–water partition coefficient (Wildman–Crippen LogP) is 2.52. The van der Waals surface area contributed by atoms with Gasteiger partial charge in [-0.25, -0.2) is 8.42 Å². The Balaban J connectivity index is 2.45. The number of benzene rings is 2. The first-order chi connectivity index (χ1) is 9.33. The van der Waals surface area contributed by atoms with Crippen LogP contribution in [-0.2, 0) is 10.0 Å². The highest BCUT2D eigenvalue weighted by atomic mass is 32.2. The number of anilines is 1. The topological polar surface area (TPSA) is 86.6 Å². The minimum absolute atomic E-state index is 0.105. The molecule has 3 N–H and O–H groups in total. The predicted molar refractivity (Wildman–Crippen MR) is 76.5 cm³/mol. The van der Waals surface area contributed by atoms with Crippen LogP contribution >= 0.6 is 0 Å². The van der Waals surface area contributed by atoms with Gasteiger partial charge in [0.1, 0.15) is 16.4 Å². The number of phenolic OH excluding ortho intramolecular Hbond substituents is 2. The fraction of sp³-hybridized carbons (Fsp3) is 0.143. The van der Waals surface area contributed by atoms with Gasteiger partial charge in [0.15, 0.2) is 0 Å². The fourth-order valence-electron chi connectivity index (χ4n) is 1.80. The van der Waals surface area contributed by atoms with Crippen molar-refractivity contribution in [1.82, 2.24) is 0 Å². The van der Waals surface area contributed by atoms with Crippen LogP contribution in [0.5, 0.6) is 11.5 Å². The van der Waals surface area contributed by atoms with E-state index in [4.69, 9.17) is 0 Å². The lowest BCUT2D eigenvalue weighted by Crippen LogP contribution is -2.14. The third-order valence-electron chi connectivity index (χ3n) is 3.16. The average Bonchev–Trinajstić information content (AvgIpc) is 2.40. The molecule has 106 valence electrons. The molecule has 0 unspecified atom stereocenters. The molecule has 0 saturated heterocycles. The third-order valence-corrected chi connectivity index (χ3v) is 4.57. The van der Waals surface area contributed by atoms with E-state index < -0.39 is 10.0 Å². The molecule has 0 aliphatic carbocycles. The zero-order valence-electron chi connectivity index (χ0n) is 11.1. The molecule has 2 aromatic carbocycles. The van der Waals surface area contributed by atoms with Crippen molar-refractivity contribution in [3.8, 4) is 11.5 Å². The number of phenols is 2. The van der Waals surface area contributed by atoms with Gasteiger partial charge >= 0.3 is 0 Å². The quantitative estimate of drug-likeness (QED) is 0.759. The molecule has 2 aromatic rings. The zero-order chi connectivity index (χ0) is 14.9. The zero-order valence-corrected chi connectivity index (χ0v) is 11.9. The summed E-state index contributed by atoms with van der Waals surface area (Å²) in [6.45, 7) is 3.40. The number of rotatable bonds is 3. The van der Waals surface area contributed by atoms with Crippen LogP contribution in [-0.4, -0.2) is 18.6 Å². The highest BCUT2D eigenvalue weighted by Gasteiger charge is 2.19. The van der Waals surface area contributed by atoms with Crippen LogP contribution in [0.3, 0.4) is 0 Å². The first-order valence-corrected chi connectivity index (χ1v) is 7.41. The summed E-state index contributed by atoms with van der Waals surface area (Å²) in [6, 6.07) is 8.61. The minimum atomic E-state index is -3.88. The van der Waals surface area contributed by atoms with Crippen molar-refractivity contribution >= 4 is 15.7 Å². The molecule has 0 aromatic heterocycles. The van der Waals surface area contributed by atoms with Crippen LogP contribution in [0.25, 0.3) is 0 Å². The Morgan fingerprint density at radius 3 is 2.20 bits per heavy atom. The van der Waals surface area contributed by atoms with Crippen molar-refractivity contribution in [2.45, 2.75) is 18.7 Å². The van der Waals surface area contributed by atoms with E-state index in [-0.39, 0.29) is 16.4 Å². The van der Waals surface area contributed by atoms with Crippen molar-refractivity contribution in [1.29, 1.82) is 0 Å². The second kappa shape index (κ2) is 5.05. The van der Waals surface area contributed by atoms with Gasteiger partial charge in [-0.05, 0) is 49.2 Å². The maximum Gasteiger partial charge on any atom is 0.265 e. The standard InChI is InChI=1S/C14H15NO4S/c1-9-10(2)12(16)8-7-11(9)15-20(18,19)14-6-4-3-5-13(14)17/h3-8,15-17H,1-2H3. The van der Waals surface area contributed by atoms with Crippen LogP contribution in [0.1, 0.15) is 11.1 Å². The van der Waals surface area contributed by atoms with Crippen LogP contribution in [0, 0.1) is 13.8 Å². The first-order valence-electron chi connectivity index (χ1n) is 5.93. The molecule has 0 heterocycles. The Kier molecular flexibility index (Phi) is 3.59. The summed E-state index contributed by atoms with van der Waals surface area (Å²) >= 11 is 0. The minimum Gasteiger partial charge on any atom is -0.508 e. The Bertz CT molecular complexity index is 754. The summed E-state index contributed by atoms with van der Waals surface area (Å²) < 4.78 is 26.9. The van der Waals surface area contributed by atoms with Crippen molar-refractivity contribution < 1.29 is 18.6 Å². The smallest absolute Gasteiger partial charge is 0.265 e. The molecule has 0 bridgehead atoms. The second-order valence-corrected chi connectivity index (χ2v) is 6.11. The second-order valence-electron chi connectivity index (χ2n) is 4.46. The van der Waals surface area contributed by atoms with E-state index in [9.17, 15) is 18.6 Å². The van der Waals surface area contributed by atoms with Gasteiger partial charge in [0.05, 0.1) is 5.69 Å². The lowest BCUT2D eigenvalue weighted by molar-refractivity contribution is 0.459. The normalized spacial score (nSPS) is 11.3. The molecule has 0 radical (unpaired) electrons. The van der Waals surface area contributed by atoms with Gasteiger partial charge in [0, 0.05) is 0 Å². The molecule has 2 rings (SSSR count). The molecular weight excluding hydrogens is 278 g/mol. The molecule has 0 amide bonds. The number of para-hydroxylation sites is 1. The first kappa shape index (κ1) is 14.2. The van der Waals surface area contributed by atoms with E-state index in [0.717, 1.165) is 0 Å². The average molecular weight is 293 g/mol. The molecule has 0 spiro atoms. The summed E-state index contributed by atoms with van der Waals surface area (Å²) in [5.74, 6) is -0.207. The summed E-state index contributed by atoms with van der Waals surface area (Å²) in [5.41, 5.74) is 1.59. The summed E-state index contributed by atoms with van der Waals surface area (Å²) in [7, 11) is -3.88. The van der Waals surface area contributed by atoms with Gasteiger partial charge in [0.25, 0.3) is 10.0 Å². The van der Waals surface area contributed by atoms with Crippen molar-refractivity contribution in [3.05, 3.63) is 47.5 Å². The molecule has 0 aliphatic heterocycles. The molecule has 0 atom stereocenters. The van der Waals surface area contributed by atoms with E-state index in [0.29, 0.717) is 16.8 Å². The molecule has 20 heavy (non-hydrogen) atoms. The van der Waals surface area contributed by atoms with Crippen molar-refractivity contribution in [2.75, 3.05) is 4.72 Å². The van der Waals surface area contributed by atoms with Gasteiger partial charge < -0.3 is 10.2 Å². The highest BCUT2D eigenvalue weighted by molar-refractivity contribution is 7.92. The van der Waals surface area contributed by atoms with Gasteiger partial charge in [-0.3, -0.25) is 4.72 Å².